The smallest absolute Gasteiger partial charge is 0.314 e. The molecule has 0 rings (SSSR count). The zero-order valence-electron chi connectivity index (χ0n) is 8.11. The van der Waals surface area contributed by atoms with Gasteiger partial charge in [-0.1, -0.05) is 6.92 Å². The van der Waals surface area contributed by atoms with Crippen molar-refractivity contribution in [2.75, 3.05) is 26.7 Å². The molecule has 72 valence electrons. The molecular formula is C8H19N3O. The summed E-state index contributed by atoms with van der Waals surface area (Å²) >= 11 is 0. The van der Waals surface area contributed by atoms with Crippen LogP contribution in [0.25, 0.3) is 0 Å². The van der Waals surface area contributed by atoms with E-state index in [9.17, 15) is 4.79 Å². The van der Waals surface area contributed by atoms with Crippen molar-refractivity contribution in [3.8, 4) is 0 Å². The second-order valence-electron chi connectivity index (χ2n) is 2.90. The molecule has 4 heteroatoms. The highest BCUT2D eigenvalue weighted by Gasteiger charge is 2.02. The molecule has 12 heavy (non-hydrogen) atoms. The summed E-state index contributed by atoms with van der Waals surface area (Å²) in [6.07, 6.45) is 0. The average Bonchev–Trinajstić information content (AvgIpc) is 2.02. The Balaban J connectivity index is 3.33. The summed E-state index contributed by atoms with van der Waals surface area (Å²) in [7, 11) is 1.91. The van der Waals surface area contributed by atoms with Crippen LogP contribution in [0.15, 0.2) is 0 Å². The van der Waals surface area contributed by atoms with E-state index in [4.69, 9.17) is 0 Å². The Bertz CT molecular complexity index is 127. The van der Waals surface area contributed by atoms with Gasteiger partial charge in [-0.25, -0.2) is 4.79 Å². The van der Waals surface area contributed by atoms with Crippen LogP contribution in [0.4, 0.5) is 4.79 Å². The van der Waals surface area contributed by atoms with Crippen LogP contribution in [-0.2, 0) is 0 Å². The van der Waals surface area contributed by atoms with Crippen molar-refractivity contribution < 1.29 is 4.79 Å². The minimum atomic E-state index is -0.0829. The summed E-state index contributed by atoms with van der Waals surface area (Å²) in [5.41, 5.74) is 0. The summed E-state index contributed by atoms with van der Waals surface area (Å²) in [4.78, 5) is 10.9. The van der Waals surface area contributed by atoms with Gasteiger partial charge in [-0.05, 0) is 26.4 Å². The van der Waals surface area contributed by atoms with Crippen LogP contribution in [-0.4, -0.2) is 32.7 Å². The zero-order chi connectivity index (χ0) is 9.40. The third-order valence-electron chi connectivity index (χ3n) is 1.50. The van der Waals surface area contributed by atoms with Gasteiger partial charge in [-0.15, -0.1) is 0 Å². The summed E-state index contributed by atoms with van der Waals surface area (Å²) in [5, 5.41) is 8.50. The minimum Gasteiger partial charge on any atom is -0.338 e. The van der Waals surface area contributed by atoms with Crippen LogP contribution < -0.4 is 16.0 Å². The number of urea groups is 1. The SMILES string of the molecule is CCNC(=O)NCC(C)CNC. The molecule has 0 aromatic carbocycles. The first-order valence-corrected chi connectivity index (χ1v) is 4.37. The van der Waals surface area contributed by atoms with Gasteiger partial charge in [0.05, 0.1) is 0 Å². The van der Waals surface area contributed by atoms with Crippen molar-refractivity contribution in [1.82, 2.24) is 16.0 Å². The van der Waals surface area contributed by atoms with E-state index in [-0.39, 0.29) is 6.03 Å². The maximum atomic E-state index is 10.9. The first kappa shape index (κ1) is 11.2. The Morgan fingerprint density at radius 1 is 1.33 bits per heavy atom. The molecule has 2 amide bonds. The molecule has 3 N–H and O–H groups in total. The Kier molecular flexibility index (Phi) is 6.47. The first-order valence-electron chi connectivity index (χ1n) is 4.37. The monoisotopic (exact) mass is 173 g/mol. The van der Waals surface area contributed by atoms with Gasteiger partial charge < -0.3 is 16.0 Å². The van der Waals surface area contributed by atoms with E-state index in [1.807, 2.05) is 14.0 Å². The van der Waals surface area contributed by atoms with Gasteiger partial charge in [0.25, 0.3) is 0 Å². The largest absolute Gasteiger partial charge is 0.338 e. The molecule has 0 fully saturated rings. The standard InChI is InChI=1S/C8H19N3O/c1-4-10-8(12)11-6-7(2)5-9-3/h7,9H,4-6H2,1-3H3,(H2,10,11,12). The number of rotatable bonds is 5. The van der Waals surface area contributed by atoms with Gasteiger partial charge in [0.15, 0.2) is 0 Å². The van der Waals surface area contributed by atoms with Crippen molar-refractivity contribution in [1.29, 1.82) is 0 Å². The number of nitrogens with one attached hydrogen (secondary N) is 3. The average molecular weight is 173 g/mol. The normalized spacial score (nSPS) is 12.2. The predicted molar refractivity (Wildman–Crippen MR) is 50.2 cm³/mol. The van der Waals surface area contributed by atoms with Crippen LogP contribution in [0, 0.1) is 5.92 Å². The highest BCUT2D eigenvalue weighted by Crippen LogP contribution is 1.87. The maximum absolute atomic E-state index is 10.9. The van der Waals surface area contributed by atoms with E-state index in [2.05, 4.69) is 22.9 Å². The Labute approximate surface area is 74.1 Å². The molecule has 0 saturated heterocycles. The molecule has 0 bridgehead atoms. The van der Waals surface area contributed by atoms with Crippen molar-refractivity contribution in [2.24, 2.45) is 5.92 Å². The van der Waals surface area contributed by atoms with Crippen LogP contribution in [0.5, 0.6) is 0 Å². The fraction of sp³-hybridized carbons (Fsp3) is 0.875. The lowest BCUT2D eigenvalue weighted by Crippen LogP contribution is -2.39. The predicted octanol–water partition coefficient (Wildman–Crippen LogP) is 0.161. The van der Waals surface area contributed by atoms with E-state index in [1.54, 1.807) is 0 Å². The summed E-state index contributed by atoms with van der Waals surface area (Å²) in [5.74, 6) is 0.470. The fourth-order valence-corrected chi connectivity index (χ4v) is 0.911. The maximum Gasteiger partial charge on any atom is 0.314 e. The summed E-state index contributed by atoms with van der Waals surface area (Å²) in [6, 6.07) is -0.0829. The topological polar surface area (TPSA) is 53.2 Å². The summed E-state index contributed by atoms with van der Waals surface area (Å²) < 4.78 is 0. The quantitative estimate of drug-likeness (QED) is 0.555. The third kappa shape index (κ3) is 5.97. The molecule has 0 aromatic heterocycles. The van der Waals surface area contributed by atoms with E-state index in [1.165, 1.54) is 0 Å². The highest BCUT2D eigenvalue weighted by molar-refractivity contribution is 5.73. The highest BCUT2D eigenvalue weighted by atomic mass is 16.2. The van der Waals surface area contributed by atoms with Crippen LogP contribution >= 0.6 is 0 Å². The fourth-order valence-electron chi connectivity index (χ4n) is 0.911. The van der Waals surface area contributed by atoms with Gasteiger partial charge in [-0.3, -0.25) is 0 Å². The van der Waals surface area contributed by atoms with E-state index in [0.717, 1.165) is 6.54 Å². The Hall–Kier alpha value is -0.770. The van der Waals surface area contributed by atoms with Gasteiger partial charge in [-0.2, -0.15) is 0 Å². The van der Waals surface area contributed by atoms with E-state index in [0.29, 0.717) is 19.0 Å². The molecule has 0 saturated carbocycles. The molecule has 1 atom stereocenters. The van der Waals surface area contributed by atoms with E-state index >= 15 is 0 Å². The number of carbonyl (C=O) groups excluding carboxylic acids is 1. The minimum absolute atomic E-state index is 0.0829. The molecule has 0 spiro atoms. The molecule has 0 heterocycles. The third-order valence-corrected chi connectivity index (χ3v) is 1.50. The molecule has 0 aliphatic carbocycles. The zero-order valence-corrected chi connectivity index (χ0v) is 8.11. The lowest BCUT2D eigenvalue weighted by Gasteiger charge is -2.11. The van der Waals surface area contributed by atoms with Crippen LogP contribution in [0.1, 0.15) is 13.8 Å². The number of carbonyl (C=O) groups is 1. The van der Waals surface area contributed by atoms with Gasteiger partial charge >= 0.3 is 6.03 Å². The van der Waals surface area contributed by atoms with Crippen molar-refractivity contribution in [3.05, 3.63) is 0 Å². The van der Waals surface area contributed by atoms with Gasteiger partial charge in [0.2, 0.25) is 0 Å². The molecule has 4 nitrogen and oxygen atoms in total. The lowest BCUT2D eigenvalue weighted by atomic mass is 10.2. The molecule has 0 aromatic rings. The molecule has 1 unspecified atom stereocenters. The second kappa shape index (κ2) is 6.91. The van der Waals surface area contributed by atoms with E-state index < -0.39 is 0 Å². The lowest BCUT2D eigenvalue weighted by molar-refractivity contribution is 0.239. The number of hydrogen-bond acceptors (Lipinski definition) is 2. The van der Waals surface area contributed by atoms with Crippen molar-refractivity contribution in [2.45, 2.75) is 13.8 Å². The first-order chi connectivity index (χ1) is 5.70. The van der Waals surface area contributed by atoms with Crippen molar-refractivity contribution >= 4 is 6.03 Å². The molecular weight excluding hydrogens is 154 g/mol. The van der Waals surface area contributed by atoms with Gasteiger partial charge in [0, 0.05) is 13.1 Å². The molecule has 0 radical (unpaired) electrons. The van der Waals surface area contributed by atoms with Crippen LogP contribution in [0.3, 0.4) is 0 Å². The van der Waals surface area contributed by atoms with Crippen LogP contribution in [0.2, 0.25) is 0 Å². The Morgan fingerprint density at radius 2 is 2.00 bits per heavy atom. The Morgan fingerprint density at radius 3 is 2.50 bits per heavy atom. The molecule has 0 aliphatic rings. The second-order valence-corrected chi connectivity index (χ2v) is 2.90. The molecule has 0 aliphatic heterocycles. The van der Waals surface area contributed by atoms with Gasteiger partial charge in [0.1, 0.15) is 0 Å². The number of hydrogen-bond donors (Lipinski definition) is 3. The summed E-state index contributed by atoms with van der Waals surface area (Å²) in [6.45, 7) is 6.30. The number of amides is 2. The van der Waals surface area contributed by atoms with Crippen molar-refractivity contribution in [3.63, 3.8) is 0 Å².